The lowest BCUT2D eigenvalue weighted by molar-refractivity contribution is 1.10. The molecule has 15 nitrogen and oxygen atoms in total. The summed E-state index contributed by atoms with van der Waals surface area (Å²) in [6.07, 6.45) is 26.6. The third-order valence-electron chi connectivity index (χ3n) is 15.1. The number of nitrogens with zero attached hydrogens (tertiary/aromatic N) is 15. The monoisotopic (exact) mass is 1360 g/mol. The molecular formula is C89H81N15. The van der Waals surface area contributed by atoms with E-state index in [0.717, 1.165) is 108 Å². The summed E-state index contributed by atoms with van der Waals surface area (Å²) in [5, 5.41) is 0. The van der Waals surface area contributed by atoms with Crippen molar-refractivity contribution in [1.82, 2.24) is 74.8 Å². The molecule has 0 aliphatic carbocycles. The van der Waals surface area contributed by atoms with Crippen molar-refractivity contribution in [3.8, 4) is 90.2 Å². The Hall–Kier alpha value is -13.5. The van der Waals surface area contributed by atoms with Crippen LogP contribution in [0, 0.1) is 55.4 Å². The molecule has 0 N–H and O–H groups in total. The normalized spacial score (nSPS) is 9.92. The molecule has 0 aliphatic rings. The van der Waals surface area contributed by atoms with Gasteiger partial charge in [-0.05, 0) is 235 Å². The smallest absolute Gasteiger partial charge is 0.115 e. The summed E-state index contributed by atoms with van der Waals surface area (Å²) in [6.45, 7) is 16.1. The van der Waals surface area contributed by atoms with Gasteiger partial charge < -0.3 is 0 Å². The van der Waals surface area contributed by atoms with Gasteiger partial charge in [-0.15, -0.1) is 0 Å². The first kappa shape index (κ1) is 74.7. The Morgan fingerprint density at radius 3 is 0.962 bits per heavy atom. The van der Waals surface area contributed by atoms with Crippen molar-refractivity contribution < 1.29 is 0 Å². The molecule has 0 spiro atoms. The summed E-state index contributed by atoms with van der Waals surface area (Å²) in [5.74, 6) is 0. The minimum atomic E-state index is 0.922. The number of aryl methyl sites for hydroxylation is 8. The van der Waals surface area contributed by atoms with Crippen molar-refractivity contribution in [2.45, 2.75) is 55.4 Å². The van der Waals surface area contributed by atoms with Gasteiger partial charge in [0.1, 0.15) is 6.33 Å². The van der Waals surface area contributed by atoms with E-state index >= 15 is 0 Å². The van der Waals surface area contributed by atoms with Crippen LogP contribution < -0.4 is 0 Å². The number of hydrogen-bond donors (Lipinski definition) is 0. The lowest BCUT2D eigenvalue weighted by Crippen LogP contribution is -1.88. The maximum atomic E-state index is 4.44. The molecule has 16 rings (SSSR count). The van der Waals surface area contributed by atoms with Gasteiger partial charge in [0.25, 0.3) is 0 Å². The molecule has 0 unspecified atom stereocenters. The molecule has 2 aromatic carbocycles. The lowest BCUT2D eigenvalue weighted by atomic mass is 10.1. The van der Waals surface area contributed by atoms with Crippen molar-refractivity contribution in [3.05, 3.63) is 393 Å². The van der Waals surface area contributed by atoms with Crippen LogP contribution in [0.4, 0.5) is 0 Å². The highest BCUT2D eigenvalue weighted by Crippen LogP contribution is 2.22. The number of aromatic nitrogens is 15. The molecule has 14 heterocycles. The van der Waals surface area contributed by atoms with Crippen LogP contribution in [-0.2, 0) is 0 Å². The van der Waals surface area contributed by atoms with E-state index in [-0.39, 0.29) is 0 Å². The molecule has 15 heteroatoms. The number of benzene rings is 2. The van der Waals surface area contributed by atoms with Crippen LogP contribution in [0.1, 0.15) is 45.2 Å². The summed E-state index contributed by atoms with van der Waals surface area (Å²) in [7, 11) is 0. The van der Waals surface area contributed by atoms with E-state index in [9.17, 15) is 0 Å². The van der Waals surface area contributed by atoms with E-state index < -0.39 is 0 Å². The summed E-state index contributed by atoms with van der Waals surface area (Å²) < 4.78 is 0. The number of pyridine rings is 13. The van der Waals surface area contributed by atoms with Crippen LogP contribution in [0.25, 0.3) is 90.2 Å². The molecule has 0 saturated heterocycles. The van der Waals surface area contributed by atoms with Gasteiger partial charge in [-0.2, -0.15) is 0 Å². The maximum Gasteiger partial charge on any atom is 0.115 e. The van der Waals surface area contributed by atoms with E-state index in [0.29, 0.717) is 0 Å². The SMILES string of the molecule is Cc1cccc(-c2ccccc2)n1.Cc1cccc(-c2ccccn2)n1.Cc1cccc(-c2cccnc2)n1.Cc1cccc(-c2ccncc2)n1.Cc1ccnc(-c2ccccc2)c1.Cc1ccnc(-c2ccccn2)c1.Cc1ccnc(-c2cccnc2)c1.Cc1ncncc1-c1ccncc1. The van der Waals surface area contributed by atoms with Gasteiger partial charge in [0.05, 0.1) is 51.2 Å². The topological polar surface area (TPSA) is 193 Å². The maximum absolute atomic E-state index is 4.44. The van der Waals surface area contributed by atoms with Crippen molar-refractivity contribution in [3.63, 3.8) is 0 Å². The summed E-state index contributed by atoms with van der Waals surface area (Å²) in [6, 6.07) is 83.9. The second-order valence-electron chi connectivity index (χ2n) is 23.5. The van der Waals surface area contributed by atoms with E-state index in [4.69, 9.17) is 0 Å². The van der Waals surface area contributed by atoms with Crippen molar-refractivity contribution in [2.75, 3.05) is 0 Å². The Bertz CT molecular complexity index is 4310. The molecule has 512 valence electrons. The molecule has 0 fully saturated rings. The Labute approximate surface area is 610 Å². The van der Waals surface area contributed by atoms with Gasteiger partial charge in [0.15, 0.2) is 0 Å². The first-order chi connectivity index (χ1) is 50.9. The fourth-order valence-corrected chi connectivity index (χ4v) is 9.86. The molecule has 0 atom stereocenters. The standard InChI is InChI=1S/2C12H11N.5C11H10N2.C10H9N3/c1-10-6-5-9-12(13-10)11-7-3-2-4-8-11;1-10-7-8-13-12(9-10)11-5-3-2-4-6-11;1-9-4-2-6-11(13-9)10-5-3-7-12-8-10;1-9-5-4-7-11(13-9)10-6-2-3-8-12-10;1-9-4-6-13-11(7-9)10-3-2-5-12-8-10;1-9-3-2-4-11(13-9)10-5-7-12-8-6-10;1-9-5-7-13-11(8-9)10-4-2-3-6-12-10;1-8-10(6-12-7-13-8)9-2-4-11-5-3-9/h2*2-9H,1H3;5*2-8H,1H3;2-7H,1H3. The molecule has 14 aromatic heterocycles. The number of hydrogen-bond acceptors (Lipinski definition) is 15. The second kappa shape index (κ2) is 41.1. The zero-order valence-corrected chi connectivity index (χ0v) is 59.6. The zero-order valence-electron chi connectivity index (χ0n) is 59.6. The van der Waals surface area contributed by atoms with Crippen molar-refractivity contribution in [1.29, 1.82) is 0 Å². The van der Waals surface area contributed by atoms with Crippen LogP contribution in [-0.4, -0.2) is 74.8 Å². The van der Waals surface area contributed by atoms with Crippen LogP contribution in [0.2, 0.25) is 0 Å². The fourth-order valence-electron chi connectivity index (χ4n) is 9.86. The molecule has 16 aromatic rings. The van der Waals surface area contributed by atoms with Gasteiger partial charge in [0, 0.05) is 149 Å². The molecule has 0 aliphatic heterocycles. The Morgan fingerprint density at radius 2 is 0.538 bits per heavy atom. The molecule has 0 bridgehead atoms. The van der Waals surface area contributed by atoms with E-state index in [2.05, 4.69) is 125 Å². The first-order valence-electron chi connectivity index (χ1n) is 33.7. The minimum Gasteiger partial charge on any atom is -0.265 e. The van der Waals surface area contributed by atoms with Gasteiger partial charge in [0.2, 0.25) is 0 Å². The van der Waals surface area contributed by atoms with Crippen molar-refractivity contribution >= 4 is 0 Å². The highest BCUT2D eigenvalue weighted by Gasteiger charge is 2.05. The average molecular weight is 1360 g/mol. The predicted molar refractivity (Wildman–Crippen MR) is 420 cm³/mol. The van der Waals surface area contributed by atoms with E-state index in [1.165, 1.54) is 27.8 Å². The van der Waals surface area contributed by atoms with Gasteiger partial charge in [-0.3, -0.25) is 64.8 Å². The van der Waals surface area contributed by atoms with Crippen LogP contribution in [0.5, 0.6) is 0 Å². The Morgan fingerprint density at radius 1 is 0.192 bits per heavy atom. The predicted octanol–water partition coefficient (Wildman–Crippen LogP) is 20.2. The quantitative estimate of drug-likeness (QED) is 0.139. The van der Waals surface area contributed by atoms with E-state index in [1.54, 1.807) is 62.1 Å². The Kier molecular flexibility index (Phi) is 29.5. The average Bonchev–Trinajstić information content (AvgIpc) is 0.922. The summed E-state index contributed by atoms with van der Waals surface area (Å²) in [5.41, 5.74) is 25.3. The van der Waals surface area contributed by atoms with E-state index in [1.807, 2.05) is 291 Å². The first-order valence-corrected chi connectivity index (χ1v) is 33.7. The second-order valence-corrected chi connectivity index (χ2v) is 23.5. The van der Waals surface area contributed by atoms with Gasteiger partial charge in [-0.1, -0.05) is 97.1 Å². The largest absolute Gasteiger partial charge is 0.265 e. The number of rotatable bonds is 8. The highest BCUT2D eigenvalue weighted by atomic mass is 14.8. The van der Waals surface area contributed by atoms with Crippen LogP contribution >= 0.6 is 0 Å². The third-order valence-corrected chi connectivity index (χ3v) is 15.1. The lowest BCUT2D eigenvalue weighted by Gasteiger charge is -2.02. The molecule has 0 radical (unpaired) electrons. The van der Waals surface area contributed by atoms with Crippen LogP contribution in [0.15, 0.2) is 348 Å². The third kappa shape index (κ3) is 25.3. The van der Waals surface area contributed by atoms with Gasteiger partial charge in [-0.25, -0.2) is 9.97 Å². The van der Waals surface area contributed by atoms with Crippen molar-refractivity contribution in [2.24, 2.45) is 0 Å². The van der Waals surface area contributed by atoms with Gasteiger partial charge >= 0.3 is 0 Å². The van der Waals surface area contributed by atoms with Crippen LogP contribution in [0.3, 0.4) is 0 Å². The fraction of sp³-hybridized carbons (Fsp3) is 0.0899. The Balaban J connectivity index is 0.000000138. The minimum absolute atomic E-state index is 0.922. The molecule has 0 saturated carbocycles. The molecule has 0 amide bonds. The zero-order chi connectivity index (χ0) is 72.8. The highest BCUT2D eigenvalue weighted by molar-refractivity contribution is 5.65. The summed E-state index contributed by atoms with van der Waals surface area (Å²) >= 11 is 0. The molecule has 104 heavy (non-hydrogen) atoms. The summed E-state index contributed by atoms with van der Waals surface area (Å²) in [4.78, 5) is 63.1. The molecular weight excluding hydrogens is 1280 g/mol.